The Kier molecular flexibility index (Phi) is 4.83. The van der Waals surface area contributed by atoms with E-state index < -0.39 is 4.92 Å². The lowest BCUT2D eigenvalue weighted by Crippen LogP contribution is -2.13. The van der Waals surface area contributed by atoms with Crippen LogP contribution in [0.4, 0.5) is 5.69 Å². The number of nitro benzene ring substituents is 1. The first-order chi connectivity index (χ1) is 13.5. The molecule has 0 saturated carbocycles. The highest BCUT2D eigenvalue weighted by Crippen LogP contribution is 2.35. The Morgan fingerprint density at radius 2 is 2.04 bits per heavy atom. The standard InChI is InChI=1S/C21H17N3O3S/c1-23-11-10-22-21(23)28-19-9-6-14(13-18(19)24(26)27)12-16-8-7-15-4-2-3-5-17(15)20(16)25/h2-6,9-13H,7-8H2,1H3. The van der Waals surface area contributed by atoms with Gasteiger partial charge in [-0.2, -0.15) is 0 Å². The number of aromatic nitrogens is 2. The minimum absolute atomic E-state index is 0.00374. The lowest BCUT2D eigenvalue weighted by Gasteiger charge is -2.17. The summed E-state index contributed by atoms with van der Waals surface area (Å²) in [5.74, 6) is -0.00374. The predicted molar refractivity (Wildman–Crippen MR) is 107 cm³/mol. The summed E-state index contributed by atoms with van der Waals surface area (Å²) in [7, 11) is 1.84. The molecular formula is C21H17N3O3S. The first-order valence-corrected chi connectivity index (χ1v) is 9.61. The van der Waals surface area contributed by atoms with Gasteiger partial charge in [0.2, 0.25) is 0 Å². The lowest BCUT2D eigenvalue weighted by atomic mass is 9.86. The molecule has 140 valence electrons. The van der Waals surface area contributed by atoms with E-state index in [1.807, 2.05) is 35.9 Å². The van der Waals surface area contributed by atoms with Gasteiger partial charge in [-0.25, -0.2) is 4.98 Å². The van der Waals surface area contributed by atoms with Crippen molar-refractivity contribution in [3.63, 3.8) is 0 Å². The quantitative estimate of drug-likeness (QED) is 0.366. The second-order valence-electron chi connectivity index (χ2n) is 6.56. The van der Waals surface area contributed by atoms with Crippen molar-refractivity contribution >= 4 is 29.3 Å². The molecule has 28 heavy (non-hydrogen) atoms. The van der Waals surface area contributed by atoms with Gasteiger partial charge in [-0.3, -0.25) is 14.9 Å². The fraction of sp³-hybridized carbons (Fsp3) is 0.143. The molecule has 4 rings (SSSR count). The minimum atomic E-state index is -0.398. The number of Topliss-reactive ketones (excluding diaryl/α,β-unsaturated/α-hetero) is 1. The van der Waals surface area contributed by atoms with Crippen LogP contribution in [0.1, 0.15) is 27.9 Å². The van der Waals surface area contributed by atoms with E-state index >= 15 is 0 Å². The maximum Gasteiger partial charge on any atom is 0.283 e. The van der Waals surface area contributed by atoms with Crippen molar-refractivity contribution in [1.82, 2.24) is 9.55 Å². The molecule has 0 atom stereocenters. The molecule has 1 aromatic heterocycles. The summed E-state index contributed by atoms with van der Waals surface area (Å²) in [4.78, 5) is 28.6. The Balaban J connectivity index is 1.67. The van der Waals surface area contributed by atoms with Crippen molar-refractivity contribution in [2.24, 2.45) is 7.05 Å². The van der Waals surface area contributed by atoms with Gasteiger partial charge in [-0.1, -0.05) is 30.3 Å². The van der Waals surface area contributed by atoms with E-state index in [9.17, 15) is 14.9 Å². The molecule has 0 bridgehead atoms. The van der Waals surface area contributed by atoms with E-state index in [1.165, 1.54) is 17.8 Å². The van der Waals surface area contributed by atoms with Gasteiger partial charge in [0.25, 0.3) is 5.69 Å². The van der Waals surface area contributed by atoms with Crippen LogP contribution in [-0.2, 0) is 13.5 Å². The van der Waals surface area contributed by atoms with Crippen molar-refractivity contribution in [2.45, 2.75) is 22.9 Å². The van der Waals surface area contributed by atoms with Gasteiger partial charge < -0.3 is 4.57 Å². The van der Waals surface area contributed by atoms with E-state index in [-0.39, 0.29) is 11.5 Å². The Hall–Kier alpha value is -3.19. The number of benzene rings is 2. The lowest BCUT2D eigenvalue weighted by molar-refractivity contribution is -0.387. The zero-order valence-electron chi connectivity index (χ0n) is 15.2. The molecule has 3 aromatic rings. The van der Waals surface area contributed by atoms with Crippen LogP contribution >= 0.6 is 11.8 Å². The Labute approximate surface area is 166 Å². The highest BCUT2D eigenvalue weighted by Gasteiger charge is 2.22. The van der Waals surface area contributed by atoms with Gasteiger partial charge in [0, 0.05) is 36.6 Å². The number of carbonyl (C=O) groups excluding carboxylic acids is 1. The Morgan fingerprint density at radius 1 is 1.21 bits per heavy atom. The summed E-state index contributed by atoms with van der Waals surface area (Å²) in [6.07, 6.45) is 6.63. The van der Waals surface area contributed by atoms with Crippen LogP contribution in [0.5, 0.6) is 0 Å². The third-order valence-electron chi connectivity index (χ3n) is 4.72. The largest absolute Gasteiger partial charge is 0.329 e. The van der Waals surface area contributed by atoms with Crippen molar-refractivity contribution < 1.29 is 9.72 Å². The number of imidazole rings is 1. The van der Waals surface area contributed by atoms with Crippen LogP contribution in [-0.4, -0.2) is 20.3 Å². The van der Waals surface area contributed by atoms with E-state index in [0.717, 1.165) is 17.5 Å². The summed E-state index contributed by atoms with van der Waals surface area (Å²) < 4.78 is 1.81. The monoisotopic (exact) mass is 391 g/mol. The van der Waals surface area contributed by atoms with Gasteiger partial charge in [0.15, 0.2) is 10.9 Å². The maximum atomic E-state index is 12.7. The van der Waals surface area contributed by atoms with Crippen molar-refractivity contribution in [2.75, 3.05) is 0 Å². The van der Waals surface area contributed by atoms with Gasteiger partial charge >= 0.3 is 0 Å². The molecule has 1 heterocycles. The van der Waals surface area contributed by atoms with E-state index in [1.54, 1.807) is 30.6 Å². The van der Waals surface area contributed by atoms with Crippen molar-refractivity contribution in [1.29, 1.82) is 0 Å². The van der Waals surface area contributed by atoms with Crippen LogP contribution in [0, 0.1) is 10.1 Å². The van der Waals surface area contributed by atoms with E-state index in [2.05, 4.69) is 4.98 Å². The van der Waals surface area contributed by atoms with Gasteiger partial charge in [-0.15, -0.1) is 0 Å². The molecule has 1 aliphatic rings. The summed E-state index contributed by atoms with van der Waals surface area (Å²) >= 11 is 1.24. The predicted octanol–water partition coefficient (Wildman–Crippen LogP) is 4.69. The zero-order chi connectivity index (χ0) is 19.7. The topological polar surface area (TPSA) is 78.0 Å². The van der Waals surface area contributed by atoms with Crippen LogP contribution in [0.2, 0.25) is 0 Å². The Morgan fingerprint density at radius 3 is 2.79 bits per heavy atom. The molecule has 0 fully saturated rings. The molecule has 0 spiro atoms. The molecule has 0 unspecified atom stereocenters. The van der Waals surface area contributed by atoms with Crippen molar-refractivity contribution in [3.8, 4) is 0 Å². The molecule has 7 heteroatoms. The van der Waals surface area contributed by atoms with Crippen LogP contribution in [0.25, 0.3) is 6.08 Å². The number of ketones is 1. The van der Waals surface area contributed by atoms with Gasteiger partial charge in [0.1, 0.15) is 0 Å². The van der Waals surface area contributed by atoms with Gasteiger partial charge in [-0.05, 0) is 47.9 Å². The number of rotatable bonds is 4. The SMILES string of the molecule is Cn1ccnc1Sc1ccc(C=C2CCc3ccccc3C2=O)cc1[N+](=O)[O-]. The normalized spacial score (nSPS) is 14.9. The van der Waals surface area contributed by atoms with Crippen molar-refractivity contribution in [3.05, 3.63) is 87.2 Å². The number of hydrogen-bond donors (Lipinski definition) is 0. The average molecular weight is 391 g/mol. The molecule has 0 radical (unpaired) electrons. The number of carbonyl (C=O) groups is 1. The molecule has 0 N–H and O–H groups in total. The fourth-order valence-corrected chi connectivity index (χ4v) is 4.15. The molecule has 0 aliphatic heterocycles. The van der Waals surface area contributed by atoms with Crippen LogP contribution in [0.15, 0.2) is 70.5 Å². The number of allylic oxidation sites excluding steroid dienone is 1. The average Bonchev–Trinajstić information content (AvgIpc) is 3.10. The molecule has 1 aliphatic carbocycles. The first-order valence-electron chi connectivity index (χ1n) is 8.80. The minimum Gasteiger partial charge on any atom is -0.329 e. The summed E-state index contributed by atoms with van der Waals surface area (Å²) in [6.45, 7) is 0. The highest BCUT2D eigenvalue weighted by molar-refractivity contribution is 7.99. The smallest absolute Gasteiger partial charge is 0.283 e. The number of nitrogens with zero attached hydrogens (tertiary/aromatic N) is 3. The van der Waals surface area contributed by atoms with E-state index in [0.29, 0.717) is 27.6 Å². The first kappa shape index (κ1) is 18.2. The fourth-order valence-electron chi connectivity index (χ4n) is 3.26. The highest BCUT2D eigenvalue weighted by atomic mass is 32.2. The zero-order valence-corrected chi connectivity index (χ0v) is 16.0. The molecule has 0 saturated heterocycles. The second kappa shape index (κ2) is 7.44. The summed E-state index contributed by atoms with van der Waals surface area (Å²) in [5, 5.41) is 12.3. The molecule has 2 aromatic carbocycles. The number of nitro groups is 1. The third kappa shape index (κ3) is 3.48. The second-order valence-corrected chi connectivity index (χ2v) is 7.57. The number of hydrogen-bond acceptors (Lipinski definition) is 5. The summed E-state index contributed by atoms with van der Waals surface area (Å²) in [6, 6.07) is 12.6. The molecular weight excluding hydrogens is 374 g/mol. The maximum absolute atomic E-state index is 12.7. The van der Waals surface area contributed by atoms with Crippen LogP contribution in [0.3, 0.4) is 0 Å². The summed E-state index contributed by atoms with van der Waals surface area (Å²) in [5.41, 5.74) is 3.11. The van der Waals surface area contributed by atoms with Crippen LogP contribution < -0.4 is 0 Å². The third-order valence-corrected chi connectivity index (χ3v) is 5.86. The van der Waals surface area contributed by atoms with E-state index in [4.69, 9.17) is 0 Å². The molecule has 6 nitrogen and oxygen atoms in total. The Bertz CT molecular complexity index is 1120. The number of aryl methyl sites for hydroxylation is 2. The molecule has 0 amide bonds. The van der Waals surface area contributed by atoms with Gasteiger partial charge in [0.05, 0.1) is 9.82 Å². The number of fused-ring (bicyclic) bond motifs is 1.